The molecule has 6 heteroatoms. The van der Waals surface area contributed by atoms with Gasteiger partial charge >= 0.3 is 0 Å². The van der Waals surface area contributed by atoms with Crippen LogP contribution < -0.4 is 5.32 Å². The molecule has 1 unspecified atom stereocenters. The average Bonchev–Trinajstić information content (AvgIpc) is 2.79. The van der Waals surface area contributed by atoms with Crippen LogP contribution in [0.1, 0.15) is 24.8 Å². The maximum atomic E-state index is 5.50. The molecular formula is C10H17N3O3. The van der Waals surface area contributed by atoms with E-state index >= 15 is 0 Å². The Morgan fingerprint density at radius 3 is 3.06 bits per heavy atom. The number of ether oxygens (including phenoxy) is 2. The van der Waals surface area contributed by atoms with Gasteiger partial charge in [0.1, 0.15) is 0 Å². The Hall–Kier alpha value is -0.980. The van der Waals surface area contributed by atoms with Crippen LogP contribution in [0.25, 0.3) is 0 Å². The first-order valence-corrected chi connectivity index (χ1v) is 5.62. The summed E-state index contributed by atoms with van der Waals surface area (Å²) in [5.41, 5.74) is 0. The van der Waals surface area contributed by atoms with Gasteiger partial charge in [-0.1, -0.05) is 6.92 Å². The van der Waals surface area contributed by atoms with Crippen LogP contribution in [0.15, 0.2) is 4.42 Å². The van der Waals surface area contributed by atoms with Gasteiger partial charge in [-0.15, -0.1) is 10.2 Å². The van der Waals surface area contributed by atoms with Crippen molar-refractivity contribution in [3.8, 4) is 0 Å². The highest BCUT2D eigenvalue weighted by molar-refractivity contribution is 4.88. The van der Waals surface area contributed by atoms with Crippen LogP contribution in [0.3, 0.4) is 0 Å². The lowest BCUT2D eigenvalue weighted by molar-refractivity contribution is -0.0998. The van der Waals surface area contributed by atoms with E-state index in [0.717, 1.165) is 19.5 Å². The third kappa shape index (κ3) is 3.01. The first kappa shape index (κ1) is 11.5. The normalized spacial score (nSPS) is 21.2. The maximum absolute atomic E-state index is 5.50. The van der Waals surface area contributed by atoms with Gasteiger partial charge in [0.2, 0.25) is 11.8 Å². The van der Waals surface area contributed by atoms with E-state index in [2.05, 4.69) is 22.4 Å². The molecule has 1 aliphatic heterocycles. The summed E-state index contributed by atoms with van der Waals surface area (Å²) in [5, 5.41) is 11.1. The first-order chi connectivity index (χ1) is 7.90. The third-order valence-corrected chi connectivity index (χ3v) is 2.34. The van der Waals surface area contributed by atoms with E-state index in [1.807, 2.05) is 0 Å². The summed E-state index contributed by atoms with van der Waals surface area (Å²) in [4.78, 5) is 0. The summed E-state index contributed by atoms with van der Waals surface area (Å²) in [6.45, 7) is 5.57. The van der Waals surface area contributed by atoms with Crippen molar-refractivity contribution in [2.24, 2.45) is 0 Å². The summed E-state index contributed by atoms with van der Waals surface area (Å²) in [6.07, 6.45) is 0.545. The van der Waals surface area contributed by atoms with Crippen molar-refractivity contribution >= 4 is 0 Å². The minimum atomic E-state index is -0.200. The van der Waals surface area contributed by atoms with Crippen LogP contribution in [0.5, 0.6) is 0 Å². The van der Waals surface area contributed by atoms with Gasteiger partial charge < -0.3 is 19.2 Å². The van der Waals surface area contributed by atoms with Crippen molar-refractivity contribution < 1.29 is 13.9 Å². The Balaban J connectivity index is 1.85. The first-order valence-electron chi connectivity index (χ1n) is 5.62. The zero-order chi connectivity index (χ0) is 11.2. The highest BCUT2D eigenvalue weighted by Crippen LogP contribution is 2.19. The van der Waals surface area contributed by atoms with E-state index in [-0.39, 0.29) is 6.10 Å². The minimum Gasteiger partial charge on any atom is -0.422 e. The molecule has 0 spiro atoms. The molecule has 0 aliphatic carbocycles. The molecule has 0 saturated carbocycles. The predicted molar refractivity (Wildman–Crippen MR) is 56.1 cm³/mol. The van der Waals surface area contributed by atoms with Gasteiger partial charge in [0.15, 0.2) is 6.10 Å². The van der Waals surface area contributed by atoms with Crippen molar-refractivity contribution in [1.29, 1.82) is 0 Å². The van der Waals surface area contributed by atoms with E-state index in [1.54, 1.807) is 0 Å². The smallest absolute Gasteiger partial charge is 0.247 e. The number of hydrogen-bond donors (Lipinski definition) is 1. The fraction of sp³-hybridized carbons (Fsp3) is 0.800. The fourth-order valence-corrected chi connectivity index (χ4v) is 1.50. The quantitative estimate of drug-likeness (QED) is 0.730. The number of likely N-dealkylation sites (N-methyl/N-ethyl adjacent to an activating group) is 1. The van der Waals surface area contributed by atoms with Crippen molar-refractivity contribution in [3.05, 3.63) is 11.8 Å². The molecule has 0 radical (unpaired) electrons. The SMILES string of the molecule is CCNCCc1nnc(C2COCCO2)o1. The number of hydrogen-bond acceptors (Lipinski definition) is 6. The molecule has 1 fully saturated rings. The molecule has 1 saturated heterocycles. The number of nitrogens with zero attached hydrogens (tertiary/aromatic N) is 2. The maximum Gasteiger partial charge on any atom is 0.247 e. The van der Waals surface area contributed by atoms with Crippen LogP contribution in [0.4, 0.5) is 0 Å². The molecule has 0 bridgehead atoms. The third-order valence-electron chi connectivity index (χ3n) is 2.34. The van der Waals surface area contributed by atoms with Crippen molar-refractivity contribution in [3.63, 3.8) is 0 Å². The van der Waals surface area contributed by atoms with E-state index in [4.69, 9.17) is 13.9 Å². The summed E-state index contributed by atoms with van der Waals surface area (Å²) in [6, 6.07) is 0. The molecule has 16 heavy (non-hydrogen) atoms. The van der Waals surface area contributed by atoms with E-state index in [9.17, 15) is 0 Å². The minimum absolute atomic E-state index is 0.200. The Kier molecular flexibility index (Phi) is 4.26. The molecule has 1 aromatic heterocycles. The molecule has 6 nitrogen and oxygen atoms in total. The summed E-state index contributed by atoms with van der Waals surface area (Å²) >= 11 is 0. The second kappa shape index (κ2) is 5.93. The van der Waals surface area contributed by atoms with E-state index in [0.29, 0.717) is 31.6 Å². The average molecular weight is 227 g/mol. The zero-order valence-corrected chi connectivity index (χ0v) is 9.44. The van der Waals surface area contributed by atoms with Crippen LogP contribution >= 0.6 is 0 Å². The topological polar surface area (TPSA) is 69.4 Å². The molecule has 2 heterocycles. The van der Waals surface area contributed by atoms with Crippen LogP contribution in [0, 0.1) is 0 Å². The highest BCUT2D eigenvalue weighted by Gasteiger charge is 2.22. The lowest BCUT2D eigenvalue weighted by Crippen LogP contribution is -2.22. The van der Waals surface area contributed by atoms with Crippen molar-refractivity contribution in [2.45, 2.75) is 19.4 Å². The molecular weight excluding hydrogens is 210 g/mol. The monoisotopic (exact) mass is 227 g/mol. The van der Waals surface area contributed by atoms with Crippen molar-refractivity contribution in [1.82, 2.24) is 15.5 Å². The van der Waals surface area contributed by atoms with Gasteiger partial charge in [-0.3, -0.25) is 0 Å². The van der Waals surface area contributed by atoms with Crippen LogP contribution in [-0.4, -0.2) is 43.1 Å². The lowest BCUT2D eigenvalue weighted by Gasteiger charge is -2.19. The molecule has 1 aromatic rings. The standard InChI is InChI=1S/C10H17N3O3/c1-2-11-4-3-9-12-13-10(16-9)8-7-14-5-6-15-8/h8,11H,2-7H2,1H3. The Bertz CT molecular complexity index is 310. The summed E-state index contributed by atoms with van der Waals surface area (Å²) < 4.78 is 16.2. The number of aromatic nitrogens is 2. The van der Waals surface area contributed by atoms with Crippen molar-refractivity contribution in [2.75, 3.05) is 32.9 Å². The van der Waals surface area contributed by atoms with Gasteiger partial charge in [0, 0.05) is 13.0 Å². The molecule has 0 aromatic carbocycles. The molecule has 90 valence electrons. The molecule has 1 N–H and O–H groups in total. The molecule has 1 aliphatic rings. The summed E-state index contributed by atoms with van der Waals surface area (Å²) in [7, 11) is 0. The molecule has 1 atom stereocenters. The Labute approximate surface area is 94.3 Å². The van der Waals surface area contributed by atoms with Gasteiger partial charge in [-0.05, 0) is 6.54 Å². The van der Waals surface area contributed by atoms with Gasteiger partial charge in [0.25, 0.3) is 0 Å². The van der Waals surface area contributed by atoms with E-state index < -0.39 is 0 Å². The predicted octanol–water partition coefficient (Wildman–Crippen LogP) is 0.309. The van der Waals surface area contributed by atoms with Crippen LogP contribution in [-0.2, 0) is 15.9 Å². The van der Waals surface area contributed by atoms with Crippen LogP contribution in [0.2, 0.25) is 0 Å². The largest absolute Gasteiger partial charge is 0.422 e. The fourth-order valence-electron chi connectivity index (χ4n) is 1.50. The zero-order valence-electron chi connectivity index (χ0n) is 9.44. The van der Waals surface area contributed by atoms with Gasteiger partial charge in [-0.25, -0.2) is 0 Å². The van der Waals surface area contributed by atoms with Gasteiger partial charge in [0.05, 0.1) is 19.8 Å². The molecule has 0 amide bonds. The Morgan fingerprint density at radius 2 is 2.31 bits per heavy atom. The number of nitrogens with one attached hydrogen (secondary N) is 1. The highest BCUT2D eigenvalue weighted by atomic mass is 16.6. The number of rotatable bonds is 5. The summed E-state index contributed by atoms with van der Waals surface area (Å²) in [5.74, 6) is 1.16. The Morgan fingerprint density at radius 1 is 1.38 bits per heavy atom. The second-order valence-electron chi connectivity index (χ2n) is 3.57. The lowest BCUT2D eigenvalue weighted by atomic mass is 10.3. The second-order valence-corrected chi connectivity index (χ2v) is 3.57. The van der Waals surface area contributed by atoms with Gasteiger partial charge in [-0.2, -0.15) is 0 Å². The van der Waals surface area contributed by atoms with E-state index in [1.165, 1.54) is 0 Å². The molecule has 2 rings (SSSR count).